The lowest BCUT2D eigenvalue weighted by atomic mass is 10.3. The van der Waals surface area contributed by atoms with Gasteiger partial charge in [-0.15, -0.1) is 18.3 Å². The Morgan fingerprint density at radius 3 is 1.90 bits per heavy atom. The van der Waals surface area contributed by atoms with Gasteiger partial charge in [0.1, 0.15) is 0 Å². The fourth-order valence-corrected chi connectivity index (χ4v) is 1.14. The average Bonchev–Trinajstić information content (AvgIpc) is 2.51. The summed E-state index contributed by atoms with van der Waals surface area (Å²) < 4.78 is 0. The molecule has 0 aliphatic rings. The lowest BCUT2D eigenvalue weighted by Gasteiger charge is -1.79. The largest absolute Gasteiger partial charge is 0.397 e. The summed E-state index contributed by atoms with van der Waals surface area (Å²) in [4.78, 5) is 0. The summed E-state index contributed by atoms with van der Waals surface area (Å²) >= 11 is 1.75. The van der Waals surface area contributed by atoms with E-state index in [2.05, 4.69) is 36.3 Å². The first-order chi connectivity index (χ1) is 10.2. The Kier molecular flexibility index (Phi) is 57.4. The molecule has 1 nitrogen and oxygen atoms in total. The molecule has 0 amide bonds. The van der Waals surface area contributed by atoms with Gasteiger partial charge in [-0.1, -0.05) is 62.5 Å². The van der Waals surface area contributed by atoms with Crippen LogP contribution in [0.4, 0.5) is 0 Å². The van der Waals surface area contributed by atoms with Gasteiger partial charge < -0.3 is 5.11 Å². The molecule has 0 spiro atoms. The first kappa shape index (κ1) is 28.2. The summed E-state index contributed by atoms with van der Waals surface area (Å²) in [6.45, 7) is 15.6. The second kappa shape index (κ2) is 42.7. The molecule has 0 aromatic heterocycles. The summed E-state index contributed by atoms with van der Waals surface area (Å²) in [5.74, 6) is 1.02. The SMILES string of the molecule is C/C=C/C=C\C/C=C/C.C=CCS/C=C/C.CC.CCO. The molecule has 0 fully saturated rings. The molecular weight excluding hydrogens is 276 g/mol. The highest BCUT2D eigenvalue weighted by atomic mass is 32.2. The highest BCUT2D eigenvalue weighted by Crippen LogP contribution is 1.99. The smallest absolute Gasteiger partial charge is 0.0402 e. The maximum atomic E-state index is 7.57. The Morgan fingerprint density at radius 2 is 1.52 bits per heavy atom. The van der Waals surface area contributed by atoms with Crippen LogP contribution >= 0.6 is 11.8 Å². The van der Waals surface area contributed by atoms with Crippen LogP contribution in [0.3, 0.4) is 0 Å². The van der Waals surface area contributed by atoms with Gasteiger partial charge in [0.25, 0.3) is 0 Å². The Morgan fingerprint density at radius 1 is 0.952 bits per heavy atom. The normalized spacial score (nSPS) is 9.86. The van der Waals surface area contributed by atoms with Crippen LogP contribution in [0, 0.1) is 0 Å². The monoisotopic (exact) mass is 312 g/mol. The maximum absolute atomic E-state index is 7.57. The zero-order valence-electron chi connectivity index (χ0n) is 14.9. The summed E-state index contributed by atoms with van der Waals surface area (Å²) in [7, 11) is 0. The van der Waals surface area contributed by atoms with Crippen LogP contribution in [0.1, 0.15) is 48.0 Å². The van der Waals surface area contributed by atoms with Crippen LogP contribution < -0.4 is 0 Å². The molecule has 21 heavy (non-hydrogen) atoms. The number of hydrogen-bond donors (Lipinski definition) is 1. The zero-order valence-corrected chi connectivity index (χ0v) is 15.7. The van der Waals surface area contributed by atoms with Gasteiger partial charge in [0.15, 0.2) is 0 Å². The molecule has 2 heteroatoms. The van der Waals surface area contributed by atoms with Crippen molar-refractivity contribution in [3.05, 3.63) is 60.6 Å². The van der Waals surface area contributed by atoms with Gasteiger partial charge in [-0.2, -0.15) is 0 Å². The minimum absolute atomic E-state index is 0.250. The summed E-state index contributed by atoms with van der Waals surface area (Å²) in [6, 6.07) is 0. The molecule has 0 saturated heterocycles. The predicted octanol–water partition coefficient (Wildman–Crippen LogP) is 6.55. The van der Waals surface area contributed by atoms with E-state index in [-0.39, 0.29) is 6.61 Å². The minimum Gasteiger partial charge on any atom is -0.397 e. The molecular formula is C19H36OS. The van der Waals surface area contributed by atoms with Crippen LogP contribution in [0.2, 0.25) is 0 Å². The first-order valence-corrected chi connectivity index (χ1v) is 8.63. The maximum Gasteiger partial charge on any atom is 0.0402 e. The number of hydrogen-bond acceptors (Lipinski definition) is 2. The van der Waals surface area contributed by atoms with Gasteiger partial charge in [0.05, 0.1) is 0 Å². The van der Waals surface area contributed by atoms with Crippen LogP contribution in [0.25, 0.3) is 0 Å². The van der Waals surface area contributed by atoms with Crippen molar-refractivity contribution >= 4 is 11.8 Å². The molecule has 0 aliphatic heterocycles. The molecule has 0 aromatic rings. The van der Waals surface area contributed by atoms with E-state index in [9.17, 15) is 0 Å². The van der Waals surface area contributed by atoms with Gasteiger partial charge in [0, 0.05) is 12.4 Å². The standard InChI is InChI=1S/C9H14.C6H10S.C2H6O.C2H6/c1-3-5-7-9-8-6-4-2;1-3-5-7-6-4-2;1-2-3;1-2/h3-7,9H,8H2,1-2H3;3-4,6H,1,5H2,2H3;3H,2H2,1H3;1-2H3/b5-3+,6-4+,9-7-;6-4+;;. The van der Waals surface area contributed by atoms with E-state index in [1.54, 1.807) is 18.7 Å². The minimum atomic E-state index is 0.250. The van der Waals surface area contributed by atoms with Crippen LogP contribution in [-0.2, 0) is 0 Å². The topological polar surface area (TPSA) is 20.2 Å². The molecule has 0 rings (SSSR count). The van der Waals surface area contributed by atoms with Crippen molar-refractivity contribution in [2.75, 3.05) is 12.4 Å². The molecule has 0 saturated carbocycles. The van der Waals surface area contributed by atoms with Gasteiger partial charge in [-0.05, 0) is 39.5 Å². The second-order valence-corrected chi connectivity index (χ2v) is 4.11. The van der Waals surface area contributed by atoms with Crippen molar-refractivity contribution in [2.24, 2.45) is 0 Å². The Hall–Kier alpha value is -0.990. The van der Waals surface area contributed by atoms with Gasteiger partial charge in [-0.25, -0.2) is 0 Å². The lowest BCUT2D eigenvalue weighted by molar-refractivity contribution is 0.318. The van der Waals surface area contributed by atoms with Gasteiger partial charge >= 0.3 is 0 Å². The average molecular weight is 313 g/mol. The highest BCUT2D eigenvalue weighted by Gasteiger charge is 1.68. The Labute approximate surface area is 138 Å². The number of rotatable bonds is 6. The Bertz CT molecular complexity index is 250. The van der Waals surface area contributed by atoms with Crippen LogP contribution in [0.5, 0.6) is 0 Å². The predicted molar refractivity (Wildman–Crippen MR) is 105 cm³/mol. The molecule has 124 valence electrons. The third-order valence-corrected chi connectivity index (χ3v) is 2.29. The fraction of sp³-hybridized carbons (Fsp3) is 0.474. The van der Waals surface area contributed by atoms with Crippen molar-refractivity contribution in [1.82, 2.24) is 0 Å². The summed E-state index contributed by atoms with van der Waals surface area (Å²) in [5, 5.41) is 9.63. The van der Waals surface area contributed by atoms with E-state index in [1.807, 2.05) is 58.9 Å². The third kappa shape index (κ3) is 67.8. The van der Waals surface area contributed by atoms with Gasteiger partial charge in [0.2, 0.25) is 0 Å². The third-order valence-electron chi connectivity index (χ3n) is 1.39. The van der Waals surface area contributed by atoms with E-state index < -0.39 is 0 Å². The molecule has 0 heterocycles. The van der Waals surface area contributed by atoms with Gasteiger partial charge in [-0.3, -0.25) is 0 Å². The molecule has 0 unspecified atom stereocenters. The number of aliphatic hydroxyl groups is 1. The van der Waals surface area contributed by atoms with Crippen molar-refractivity contribution in [3.63, 3.8) is 0 Å². The van der Waals surface area contributed by atoms with E-state index >= 15 is 0 Å². The molecule has 0 atom stereocenters. The first-order valence-electron chi connectivity index (χ1n) is 7.58. The quantitative estimate of drug-likeness (QED) is 0.341. The van der Waals surface area contributed by atoms with E-state index in [0.717, 1.165) is 12.2 Å². The molecule has 1 N–H and O–H groups in total. The van der Waals surface area contributed by atoms with Crippen LogP contribution in [-0.4, -0.2) is 17.5 Å². The zero-order chi connectivity index (χ0) is 17.2. The van der Waals surface area contributed by atoms with Crippen molar-refractivity contribution in [2.45, 2.75) is 48.0 Å². The van der Waals surface area contributed by atoms with Crippen LogP contribution in [0.15, 0.2) is 60.6 Å². The van der Waals surface area contributed by atoms with E-state index in [4.69, 9.17) is 5.11 Å². The molecule has 0 aliphatic carbocycles. The highest BCUT2D eigenvalue weighted by molar-refractivity contribution is 8.02. The number of aliphatic hydroxyl groups excluding tert-OH is 1. The van der Waals surface area contributed by atoms with E-state index in [1.165, 1.54) is 0 Å². The van der Waals surface area contributed by atoms with Crippen molar-refractivity contribution in [3.8, 4) is 0 Å². The lowest BCUT2D eigenvalue weighted by Crippen LogP contribution is -1.58. The number of thioether (sulfide) groups is 1. The van der Waals surface area contributed by atoms with Crippen molar-refractivity contribution < 1.29 is 5.11 Å². The van der Waals surface area contributed by atoms with Crippen molar-refractivity contribution in [1.29, 1.82) is 0 Å². The fourth-order valence-electron chi connectivity index (χ4n) is 0.703. The summed E-state index contributed by atoms with van der Waals surface area (Å²) in [5.41, 5.74) is 0. The molecule has 0 radical (unpaired) electrons. The molecule has 0 aromatic carbocycles. The number of allylic oxidation sites excluding steroid dienone is 7. The van der Waals surface area contributed by atoms with E-state index in [0.29, 0.717) is 0 Å². The Balaban J connectivity index is -0.000000107. The molecule has 0 bridgehead atoms. The second-order valence-electron chi connectivity index (χ2n) is 3.17. The summed E-state index contributed by atoms with van der Waals surface area (Å²) in [6.07, 6.45) is 17.4.